The molecule has 0 saturated heterocycles. The second-order valence-electron chi connectivity index (χ2n) is 5.80. The summed E-state index contributed by atoms with van der Waals surface area (Å²) in [5, 5.41) is 1.93. The van der Waals surface area contributed by atoms with Gasteiger partial charge in [0.2, 0.25) is 0 Å². The first-order chi connectivity index (χ1) is 13.0. The zero-order valence-corrected chi connectivity index (χ0v) is 15.0. The van der Waals surface area contributed by atoms with Crippen molar-refractivity contribution in [1.29, 1.82) is 0 Å². The summed E-state index contributed by atoms with van der Waals surface area (Å²) in [5.74, 6) is 3.51. The van der Waals surface area contributed by atoms with Crippen molar-refractivity contribution in [2.45, 2.75) is 6.92 Å². The summed E-state index contributed by atoms with van der Waals surface area (Å²) >= 11 is 4.36. The summed E-state index contributed by atoms with van der Waals surface area (Å²) in [7, 11) is 0. The SMILES string of the molecule is Cc1ccc(-c2ccc(C#Cc3cc(F)c(N=C=S)c(F)c3)cc2)c(F)c1. The molecule has 0 heterocycles. The van der Waals surface area contributed by atoms with Gasteiger partial charge in [0.15, 0.2) is 11.6 Å². The van der Waals surface area contributed by atoms with Crippen LogP contribution in [0.25, 0.3) is 11.1 Å². The van der Waals surface area contributed by atoms with E-state index in [1.165, 1.54) is 6.07 Å². The van der Waals surface area contributed by atoms with E-state index in [9.17, 15) is 13.2 Å². The minimum atomic E-state index is -0.859. The first kappa shape index (κ1) is 18.6. The molecule has 3 rings (SSSR count). The van der Waals surface area contributed by atoms with Gasteiger partial charge in [-0.05, 0) is 60.6 Å². The molecule has 0 aliphatic carbocycles. The monoisotopic (exact) mass is 379 g/mol. The Morgan fingerprint density at radius 2 is 1.41 bits per heavy atom. The van der Waals surface area contributed by atoms with Crippen LogP contribution in [0.4, 0.5) is 18.9 Å². The number of benzene rings is 3. The van der Waals surface area contributed by atoms with Crippen molar-refractivity contribution in [1.82, 2.24) is 0 Å². The lowest BCUT2D eigenvalue weighted by molar-refractivity contribution is 0.587. The molecule has 0 aromatic heterocycles. The van der Waals surface area contributed by atoms with Gasteiger partial charge in [0.1, 0.15) is 11.5 Å². The van der Waals surface area contributed by atoms with E-state index in [0.717, 1.165) is 23.3 Å². The van der Waals surface area contributed by atoms with Crippen LogP contribution in [0, 0.1) is 36.2 Å². The molecular formula is C22H12F3NS. The van der Waals surface area contributed by atoms with Crippen LogP contribution in [0.5, 0.6) is 0 Å². The quantitative estimate of drug-likeness (QED) is 0.293. The van der Waals surface area contributed by atoms with Crippen molar-refractivity contribution >= 4 is 23.1 Å². The van der Waals surface area contributed by atoms with Crippen molar-refractivity contribution in [3.8, 4) is 23.0 Å². The predicted octanol–water partition coefficient (Wildman–Crippen LogP) is 6.21. The molecule has 5 heteroatoms. The third kappa shape index (κ3) is 4.32. The fourth-order valence-corrected chi connectivity index (χ4v) is 2.61. The van der Waals surface area contributed by atoms with Gasteiger partial charge in [0.25, 0.3) is 0 Å². The Kier molecular flexibility index (Phi) is 5.52. The van der Waals surface area contributed by atoms with Crippen LogP contribution in [0.15, 0.2) is 59.6 Å². The zero-order chi connectivity index (χ0) is 19.4. The maximum Gasteiger partial charge on any atom is 0.153 e. The normalized spacial score (nSPS) is 9.93. The molecule has 0 fully saturated rings. The van der Waals surface area contributed by atoms with Gasteiger partial charge in [0, 0.05) is 16.7 Å². The average Bonchev–Trinajstić information content (AvgIpc) is 2.64. The van der Waals surface area contributed by atoms with Gasteiger partial charge in [-0.2, -0.15) is 4.99 Å². The van der Waals surface area contributed by atoms with Crippen molar-refractivity contribution < 1.29 is 13.2 Å². The number of thiocarbonyl (C=S) groups is 1. The van der Waals surface area contributed by atoms with E-state index in [1.807, 2.05) is 18.2 Å². The topological polar surface area (TPSA) is 12.4 Å². The number of halogens is 3. The Morgan fingerprint density at radius 3 is 2.00 bits per heavy atom. The second-order valence-corrected chi connectivity index (χ2v) is 5.98. The van der Waals surface area contributed by atoms with Crippen molar-refractivity contribution in [2.75, 3.05) is 0 Å². The largest absolute Gasteiger partial charge is 0.206 e. The molecule has 0 aliphatic heterocycles. The Morgan fingerprint density at radius 1 is 0.778 bits per heavy atom. The Labute approximate surface area is 160 Å². The molecule has 0 N–H and O–H groups in total. The molecule has 0 radical (unpaired) electrons. The van der Waals surface area contributed by atoms with E-state index in [-0.39, 0.29) is 11.4 Å². The lowest BCUT2D eigenvalue weighted by Gasteiger charge is -2.04. The number of nitrogens with zero attached hydrogens (tertiary/aromatic N) is 1. The third-order valence-electron chi connectivity index (χ3n) is 3.85. The summed E-state index contributed by atoms with van der Waals surface area (Å²) in [6, 6.07) is 14.1. The van der Waals surface area contributed by atoms with Crippen LogP contribution in [0.1, 0.15) is 16.7 Å². The second kappa shape index (κ2) is 8.01. The molecule has 3 aromatic rings. The fraction of sp³-hybridized carbons (Fsp3) is 0.0455. The molecule has 0 amide bonds. The van der Waals surface area contributed by atoms with Gasteiger partial charge >= 0.3 is 0 Å². The molecule has 0 unspecified atom stereocenters. The lowest BCUT2D eigenvalue weighted by atomic mass is 10.0. The van der Waals surface area contributed by atoms with E-state index in [4.69, 9.17) is 0 Å². The number of aliphatic imine (C=N–C) groups is 1. The van der Waals surface area contributed by atoms with E-state index in [1.54, 1.807) is 30.3 Å². The standard InChI is InChI=1S/C22H12F3NS/c1-14-2-9-18(19(23)10-14)17-7-5-15(6-8-17)3-4-16-11-20(24)22(26-13-27)21(25)12-16/h2,5-12H,1H3. The predicted molar refractivity (Wildman–Crippen MR) is 104 cm³/mol. The molecule has 0 bridgehead atoms. The minimum Gasteiger partial charge on any atom is -0.206 e. The Hall–Kier alpha value is -3.19. The maximum absolute atomic E-state index is 14.1. The third-order valence-corrected chi connectivity index (χ3v) is 3.94. The van der Waals surface area contributed by atoms with Gasteiger partial charge in [0.05, 0.1) is 5.16 Å². The van der Waals surface area contributed by atoms with Crippen molar-refractivity contribution in [3.63, 3.8) is 0 Å². The van der Waals surface area contributed by atoms with Gasteiger partial charge in [-0.3, -0.25) is 0 Å². The molecule has 27 heavy (non-hydrogen) atoms. The molecule has 132 valence electrons. The maximum atomic E-state index is 14.1. The number of rotatable bonds is 2. The van der Waals surface area contributed by atoms with E-state index in [2.05, 4.69) is 29.1 Å². The highest BCUT2D eigenvalue weighted by molar-refractivity contribution is 7.78. The van der Waals surface area contributed by atoms with Gasteiger partial charge in [-0.15, -0.1) is 0 Å². The number of isothiocyanates is 1. The van der Waals surface area contributed by atoms with Gasteiger partial charge in [-0.1, -0.05) is 36.1 Å². The van der Waals surface area contributed by atoms with Crippen LogP contribution in [-0.2, 0) is 0 Å². The summed E-state index contributed by atoms with van der Waals surface area (Å²) < 4.78 is 41.7. The van der Waals surface area contributed by atoms with Crippen LogP contribution in [0.2, 0.25) is 0 Å². The molecule has 1 nitrogen and oxygen atoms in total. The molecular weight excluding hydrogens is 367 g/mol. The first-order valence-electron chi connectivity index (χ1n) is 7.93. The zero-order valence-electron chi connectivity index (χ0n) is 14.2. The van der Waals surface area contributed by atoms with E-state index >= 15 is 0 Å². The fourth-order valence-electron chi connectivity index (χ4n) is 2.52. The lowest BCUT2D eigenvalue weighted by Crippen LogP contribution is -1.87. The Balaban J connectivity index is 1.87. The smallest absolute Gasteiger partial charge is 0.153 e. The van der Waals surface area contributed by atoms with Crippen molar-refractivity contribution in [2.24, 2.45) is 4.99 Å². The minimum absolute atomic E-state index is 0.168. The highest BCUT2D eigenvalue weighted by atomic mass is 32.1. The number of hydrogen-bond acceptors (Lipinski definition) is 2. The molecule has 0 aliphatic rings. The summed E-state index contributed by atoms with van der Waals surface area (Å²) in [4.78, 5) is 3.35. The Bertz CT molecular complexity index is 1100. The molecule has 0 saturated carbocycles. The van der Waals surface area contributed by atoms with Crippen LogP contribution >= 0.6 is 12.2 Å². The van der Waals surface area contributed by atoms with E-state index in [0.29, 0.717) is 11.1 Å². The number of hydrogen-bond donors (Lipinski definition) is 0. The first-order valence-corrected chi connectivity index (χ1v) is 8.34. The van der Waals surface area contributed by atoms with Gasteiger partial charge < -0.3 is 0 Å². The van der Waals surface area contributed by atoms with Gasteiger partial charge in [-0.25, -0.2) is 13.2 Å². The average molecular weight is 379 g/mol. The summed E-state index contributed by atoms with van der Waals surface area (Å²) in [6.07, 6.45) is 0. The summed E-state index contributed by atoms with van der Waals surface area (Å²) in [6.45, 7) is 1.82. The molecule has 0 spiro atoms. The summed E-state index contributed by atoms with van der Waals surface area (Å²) in [5.41, 5.74) is 2.38. The van der Waals surface area contributed by atoms with Crippen LogP contribution in [-0.4, -0.2) is 5.16 Å². The highest BCUT2D eigenvalue weighted by Gasteiger charge is 2.09. The molecule has 3 aromatic carbocycles. The highest BCUT2D eigenvalue weighted by Crippen LogP contribution is 2.24. The molecule has 0 atom stereocenters. The van der Waals surface area contributed by atoms with E-state index < -0.39 is 17.3 Å². The van der Waals surface area contributed by atoms with Crippen LogP contribution < -0.4 is 0 Å². The number of aryl methyl sites for hydroxylation is 1. The van der Waals surface area contributed by atoms with Crippen LogP contribution in [0.3, 0.4) is 0 Å². The van der Waals surface area contributed by atoms with Crippen molar-refractivity contribution in [3.05, 3.63) is 88.7 Å².